The molecule has 0 spiro atoms. The summed E-state index contributed by atoms with van der Waals surface area (Å²) in [6.45, 7) is 6.01. The molecule has 8 nitrogen and oxygen atoms in total. The van der Waals surface area contributed by atoms with Crippen LogP contribution in [0, 0.1) is 0 Å². The van der Waals surface area contributed by atoms with Crippen LogP contribution >= 0.6 is 0 Å². The average Bonchev–Trinajstić information content (AvgIpc) is 3.89. The molecule has 0 bridgehead atoms. The van der Waals surface area contributed by atoms with E-state index in [0.29, 0.717) is 40.4 Å². The summed E-state index contributed by atoms with van der Waals surface area (Å²) >= 11 is 0. The van der Waals surface area contributed by atoms with Gasteiger partial charge in [0.1, 0.15) is 6.33 Å². The number of nitrogens with two attached hydrogens (primary N) is 1. The molecule has 2 aliphatic rings. The summed E-state index contributed by atoms with van der Waals surface area (Å²) in [6.07, 6.45) is 0.595. The van der Waals surface area contributed by atoms with Gasteiger partial charge in [-0.15, -0.1) is 0 Å². The second kappa shape index (κ2) is 13.0. The number of rotatable bonds is 11. The third kappa shape index (κ3) is 7.04. The molecule has 1 aromatic heterocycles. The van der Waals surface area contributed by atoms with Crippen LogP contribution in [0.1, 0.15) is 41.9 Å². The molecule has 45 heavy (non-hydrogen) atoms. The Bertz CT molecular complexity index is 1630. The number of halogens is 3. The van der Waals surface area contributed by atoms with Crippen LogP contribution in [0.5, 0.6) is 11.5 Å². The van der Waals surface area contributed by atoms with Gasteiger partial charge in [0, 0.05) is 55.8 Å². The number of piperazine rings is 1. The minimum absolute atomic E-state index is 0.380. The summed E-state index contributed by atoms with van der Waals surface area (Å²) in [5.74, 6) is -0.382. The lowest BCUT2D eigenvalue weighted by Crippen LogP contribution is -2.47. The van der Waals surface area contributed by atoms with Gasteiger partial charge in [-0.1, -0.05) is 36.4 Å². The van der Waals surface area contributed by atoms with E-state index < -0.39 is 23.6 Å². The van der Waals surface area contributed by atoms with E-state index in [1.165, 1.54) is 31.3 Å². The Kier molecular flexibility index (Phi) is 8.91. The van der Waals surface area contributed by atoms with Gasteiger partial charge >= 0.3 is 6.18 Å². The van der Waals surface area contributed by atoms with Crippen molar-refractivity contribution in [2.24, 2.45) is 5.73 Å². The van der Waals surface area contributed by atoms with E-state index in [-0.39, 0.29) is 0 Å². The number of methoxy groups -OCH3 is 1. The summed E-state index contributed by atoms with van der Waals surface area (Å²) in [6, 6.07) is 16.1. The maximum atomic E-state index is 13.0. The van der Waals surface area contributed by atoms with Crippen molar-refractivity contribution >= 4 is 16.8 Å². The molecule has 6 rings (SSSR count). The molecule has 1 atom stereocenters. The van der Waals surface area contributed by atoms with E-state index in [1.54, 1.807) is 19.2 Å². The molecule has 1 aliphatic carbocycles. The molecule has 1 amide bonds. The maximum absolute atomic E-state index is 13.0. The first-order valence-corrected chi connectivity index (χ1v) is 15.2. The maximum Gasteiger partial charge on any atom is 0.416 e. The molecule has 2 heterocycles. The number of fused-ring (bicyclic) bond motifs is 1. The summed E-state index contributed by atoms with van der Waals surface area (Å²) in [4.78, 5) is 26.5. The number of aromatic nitrogens is 2. The normalized spacial score (nSPS) is 16.9. The molecule has 11 heteroatoms. The lowest BCUT2D eigenvalue weighted by molar-refractivity contribution is -0.137. The first-order valence-electron chi connectivity index (χ1n) is 15.2. The summed E-state index contributed by atoms with van der Waals surface area (Å²) in [5, 5.41) is 0.770. The number of alkyl halides is 3. The Morgan fingerprint density at radius 1 is 0.956 bits per heavy atom. The summed E-state index contributed by atoms with van der Waals surface area (Å²) in [5.41, 5.74) is 7.95. The third-order valence-electron chi connectivity index (χ3n) is 8.64. The highest BCUT2D eigenvalue weighted by Crippen LogP contribution is 2.37. The van der Waals surface area contributed by atoms with E-state index in [1.807, 2.05) is 24.3 Å². The number of hydrogen-bond acceptors (Lipinski definition) is 7. The highest BCUT2D eigenvalue weighted by Gasteiger charge is 2.32. The van der Waals surface area contributed by atoms with Gasteiger partial charge in [-0.3, -0.25) is 9.69 Å². The summed E-state index contributed by atoms with van der Waals surface area (Å²) < 4.78 is 51.0. The molecule has 1 saturated heterocycles. The first-order chi connectivity index (χ1) is 21.7. The highest BCUT2D eigenvalue weighted by molar-refractivity contribution is 5.94. The number of ether oxygens (including phenoxy) is 2. The van der Waals surface area contributed by atoms with E-state index in [2.05, 4.69) is 19.8 Å². The molecule has 1 saturated carbocycles. The predicted octanol–water partition coefficient (Wildman–Crippen LogP) is 5.49. The summed E-state index contributed by atoms with van der Waals surface area (Å²) in [7, 11) is 1.60. The van der Waals surface area contributed by atoms with Crippen LogP contribution in [0.4, 0.5) is 13.2 Å². The van der Waals surface area contributed by atoms with E-state index in [0.717, 1.165) is 68.3 Å². The Labute approximate surface area is 260 Å². The van der Waals surface area contributed by atoms with Gasteiger partial charge in [-0.05, 0) is 48.6 Å². The highest BCUT2D eigenvalue weighted by atomic mass is 19.4. The van der Waals surface area contributed by atoms with Gasteiger partial charge in [0.15, 0.2) is 11.5 Å². The van der Waals surface area contributed by atoms with Gasteiger partial charge in [-0.2, -0.15) is 13.2 Å². The van der Waals surface area contributed by atoms with E-state index in [4.69, 9.17) is 15.2 Å². The molecule has 236 valence electrons. The first kappa shape index (κ1) is 30.8. The van der Waals surface area contributed by atoms with Crippen LogP contribution in [-0.2, 0) is 11.0 Å². The zero-order chi connectivity index (χ0) is 31.6. The fraction of sp³-hybridized carbons (Fsp3) is 0.382. The van der Waals surface area contributed by atoms with Crippen molar-refractivity contribution in [3.05, 3.63) is 83.7 Å². The number of hydrogen-bond donors (Lipinski definition) is 1. The van der Waals surface area contributed by atoms with Crippen LogP contribution in [0.25, 0.3) is 22.2 Å². The van der Waals surface area contributed by atoms with Gasteiger partial charge in [0.05, 0.1) is 36.4 Å². The van der Waals surface area contributed by atoms with Gasteiger partial charge < -0.3 is 20.1 Å². The van der Waals surface area contributed by atoms with Gasteiger partial charge in [0.2, 0.25) is 5.91 Å². The Hall–Kier alpha value is -4.22. The Balaban J connectivity index is 1.17. The lowest BCUT2D eigenvalue weighted by Gasteiger charge is -2.34. The monoisotopic (exact) mass is 619 g/mol. The van der Waals surface area contributed by atoms with Gasteiger partial charge in [-0.25, -0.2) is 9.97 Å². The van der Waals surface area contributed by atoms with Crippen molar-refractivity contribution < 1.29 is 27.4 Å². The molecule has 4 aromatic rings. The topological polar surface area (TPSA) is 93.8 Å². The SMILES string of the molecule is COc1cc2ncnc(-c3ccc(C(C(N)=O)c4ccc(C(F)(F)F)cc4)cc3)c2cc1OCCCN1CCN(C2CC2)CC1. The quantitative estimate of drug-likeness (QED) is 0.222. The Morgan fingerprint density at radius 2 is 1.62 bits per heavy atom. The molecule has 1 unspecified atom stereocenters. The molecule has 2 fully saturated rings. The van der Waals surface area contributed by atoms with Crippen molar-refractivity contribution in [3.8, 4) is 22.8 Å². The third-order valence-corrected chi connectivity index (χ3v) is 8.64. The number of carbonyl (C=O) groups is 1. The Morgan fingerprint density at radius 3 is 2.22 bits per heavy atom. The zero-order valence-corrected chi connectivity index (χ0v) is 25.1. The molecule has 3 aromatic carbocycles. The van der Waals surface area contributed by atoms with Crippen LogP contribution in [0.3, 0.4) is 0 Å². The predicted molar refractivity (Wildman–Crippen MR) is 165 cm³/mol. The van der Waals surface area contributed by atoms with Crippen molar-refractivity contribution in [2.75, 3.05) is 46.4 Å². The van der Waals surface area contributed by atoms with E-state index >= 15 is 0 Å². The van der Waals surface area contributed by atoms with Crippen molar-refractivity contribution in [2.45, 2.75) is 37.4 Å². The van der Waals surface area contributed by atoms with Crippen LogP contribution in [-0.4, -0.2) is 78.2 Å². The lowest BCUT2D eigenvalue weighted by atomic mass is 9.89. The van der Waals surface area contributed by atoms with Crippen LogP contribution in [0.15, 0.2) is 67.0 Å². The number of nitrogens with zero attached hydrogens (tertiary/aromatic N) is 4. The molecular formula is C34H36F3N5O3. The smallest absolute Gasteiger partial charge is 0.416 e. The molecule has 2 N–H and O–H groups in total. The standard InChI is InChI=1S/C34H36F3N5O3/c1-44-29-20-28-27(19-30(29)45-18-2-13-41-14-16-42(17-15-41)26-11-12-26)32(40-21-39-28)24-5-3-22(4-6-24)31(33(38)43)23-7-9-25(10-8-23)34(35,36)37/h3-10,19-21,26,31H,2,11-18H2,1H3,(H2,38,43). The molecular weight excluding hydrogens is 583 g/mol. The molecule has 1 aliphatic heterocycles. The van der Waals surface area contributed by atoms with E-state index in [9.17, 15) is 18.0 Å². The number of benzene rings is 3. The minimum Gasteiger partial charge on any atom is -0.493 e. The van der Waals surface area contributed by atoms with Crippen molar-refractivity contribution in [1.82, 2.24) is 19.8 Å². The van der Waals surface area contributed by atoms with Crippen molar-refractivity contribution in [3.63, 3.8) is 0 Å². The van der Waals surface area contributed by atoms with Crippen LogP contribution in [0.2, 0.25) is 0 Å². The zero-order valence-electron chi connectivity index (χ0n) is 25.1. The number of amides is 1. The average molecular weight is 620 g/mol. The minimum atomic E-state index is -4.47. The number of primary amides is 1. The second-order valence-corrected chi connectivity index (χ2v) is 11.6. The number of carbonyl (C=O) groups excluding carboxylic acids is 1. The molecule has 0 radical (unpaired) electrons. The second-order valence-electron chi connectivity index (χ2n) is 11.6. The fourth-order valence-corrected chi connectivity index (χ4v) is 6.05. The largest absolute Gasteiger partial charge is 0.493 e. The van der Waals surface area contributed by atoms with Crippen molar-refractivity contribution in [1.29, 1.82) is 0 Å². The fourth-order valence-electron chi connectivity index (χ4n) is 6.05. The van der Waals surface area contributed by atoms with Crippen LogP contribution < -0.4 is 15.2 Å². The van der Waals surface area contributed by atoms with Gasteiger partial charge in [0.25, 0.3) is 0 Å².